The van der Waals surface area contributed by atoms with Gasteiger partial charge >= 0.3 is 0 Å². The van der Waals surface area contributed by atoms with Crippen LogP contribution in [0, 0.1) is 18.3 Å². The predicted molar refractivity (Wildman–Crippen MR) is 116 cm³/mol. The molecule has 0 saturated carbocycles. The van der Waals surface area contributed by atoms with E-state index in [4.69, 9.17) is 0 Å². The highest BCUT2D eigenvalue weighted by atomic mass is 32.1. The number of carbonyl (C=O) groups is 1. The topological polar surface area (TPSA) is 65.8 Å². The van der Waals surface area contributed by atoms with Crippen molar-refractivity contribution >= 4 is 33.9 Å². The van der Waals surface area contributed by atoms with Gasteiger partial charge in [0.15, 0.2) is 0 Å². The van der Waals surface area contributed by atoms with E-state index < -0.39 is 0 Å². The number of hydrogen-bond donors (Lipinski definition) is 1. The number of allylic oxidation sites excluding steroid dienone is 3. The molecule has 0 saturated heterocycles. The molecule has 2 aromatic carbocycles. The monoisotopic (exact) mass is 385 g/mol. The van der Waals surface area contributed by atoms with Crippen molar-refractivity contribution in [2.45, 2.75) is 13.8 Å². The molecule has 28 heavy (non-hydrogen) atoms. The van der Waals surface area contributed by atoms with Crippen LogP contribution >= 0.6 is 11.3 Å². The van der Waals surface area contributed by atoms with Gasteiger partial charge in [-0.05, 0) is 18.6 Å². The minimum atomic E-state index is -0.171. The molecule has 1 heterocycles. The number of rotatable bonds is 5. The molecule has 0 aliphatic carbocycles. The van der Waals surface area contributed by atoms with Crippen LogP contribution in [0.5, 0.6) is 0 Å². The molecule has 5 heteroatoms. The van der Waals surface area contributed by atoms with Gasteiger partial charge < -0.3 is 5.32 Å². The highest BCUT2D eigenvalue weighted by Crippen LogP contribution is 2.36. The fourth-order valence-electron chi connectivity index (χ4n) is 2.56. The van der Waals surface area contributed by atoms with Crippen LogP contribution < -0.4 is 5.32 Å². The maximum absolute atomic E-state index is 11.6. The smallest absolute Gasteiger partial charge is 0.221 e. The molecule has 1 amide bonds. The highest BCUT2D eigenvalue weighted by molar-refractivity contribution is 7.17. The van der Waals surface area contributed by atoms with E-state index in [0.717, 1.165) is 16.7 Å². The summed E-state index contributed by atoms with van der Waals surface area (Å²) in [4.78, 5) is 16.2. The summed E-state index contributed by atoms with van der Waals surface area (Å²) >= 11 is 1.30. The Bertz CT molecular complexity index is 1070. The fraction of sp³-hybridized carbons (Fsp3) is 0.0870. The zero-order valence-electron chi connectivity index (χ0n) is 15.6. The first-order valence-electron chi connectivity index (χ1n) is 8.76. The quantitative estimate of drug-likeness (QED) is 0.453. The van der Waals surface area contributed by atoms with Crippen molar-refractivity contribution in [1.82, 2.24) is 4.98 Å². The van der Waals surface area contributed by atoms with E-state index in [2.05, 4.69) is 16.4 Å². The molecule has 1 N–H and O–H groups in total. The van der Waals surface area contributed by atoms with Crippen molar-refractivity contribution in [3.05, 3.63) is 82.9 Å². The Morgan fingerprint density at radius 3 is 2.50 bits per heavy atom. The summed E-state index contributed by atoms with van der Waals surface area (Å²) in [6.07, 6.45) is 5.50. The molecule has 0 spiro atoms. The van der Waals surface area contributed by atoms with Crippen LogP contribution in [0.25, 0.3) is 22.9 Å². The molecule has 138 valence electrons. The number of nitriles is 1. The van der Waals surface area contributed by atoms with Gasteiger partial charge in [-0.25, -0.2) is 4.98 Å². The van der Waals surface area contributed by atoms with Gasteiger partial charge in [0.1, 0.15) is 21.8 Å². The van der Waals surface area contributed by atoms with E-state index in [0.29, 0.717) is 21.3 Å². The van der Waals surface area contributed by atoms with Crippen LogP contribution in [0.15, 0.2) is 66.7 Å². The lowest BCUT2D eigenvalue weighted by Gasteiger charge is -2.03. The lowest BCUT2D eigenvalue weighted by atomic mass is 10.1. The zero-order valence-corrected chi connectivity index (χ0v) is 16.5. The molecule has 0 aliphatic heterocycles. The van der Waals surface area contributed by atoms with Gasteiger partial charge in [0.2, 0.25) is 5.91 Å². The van der Waals surface area contributed by atoms with Crippen molar-refractivity contribution in [2.75, 3.05) is 5.32 Å². The molecular weight excluding hydrogens is 366 g/mol. The molecule has 0 aliphatic rings. The number of anilines is 1. The molecule has 0 unspecified atom stereocenters. The van der Waals surface area contributed by atoms with Gasteiger partial charge in [0.05, 0.1) is 5.57 Å². The van der Waals surface area contributed by atoms with Gasteiger partial charge in [-0.3, -0.25) is 4.79 Å². The minimum Gasteiger partial charge on any atom is -0.316 e. The first-order valence-corrected chi connectivity index (χ1v) is 9.58. The predicted octanol–water partition coefficient (Wildman–Crippen LogP) is 5.70. The van der Waals surface area contributed by atoms with E-state index in [1.54, 1.807) is 6.08 Å². The van der Waals surface area contributed by atoms with Gasteiger partial charge in [0.25, 0.3) is 0 Å². The summed E-state index contributed by atoms with van der Waals surface area (Å²) in [5.41, 5.74) is 4.21. The van der Waals surface area contributed by atoms with Crippen LogP contribution in [-0.2, 0) is 4.79 Å². The summed E-state index contributed by atoms with van der Waals surface area (Å²) in [6.45, 7) is 3.47. The summed E-state index contributed by atoms with van der Waals surface area (Å²) < 4.78 is 0. The Hall–Kier alpha value is -3.49. The number of carbonyl (C=O) groups excluding carboxylic acids is 1. The number of nitrogens with one attached hydrogen (secondary N) is 1. The van der Waals surface area contributed by atoms with E-state index in [9.17, 15) is 10.1 Å². The second-order valence-electron chi connectivity index (χ2n) is 6.21. The van der Waals surface area contributed by atoms with Crippen LogP contribution in [0.2, 0.25) is 0 Å². The third kappa shape index (κ3) is 4.81. The fourth-order valence-corrected chi connectivity index (χ4v) is 3.57. The van der Waals surface area contributed by atoms with Gasteiger partial charge in [-0.2, -0.15) is 5.26 Å². The molecule has 0 fully saturated rings. The van der Waals surface area contributed by atoms with Crippen molar-refractivity contribution in [1.29, 1.82) is 5.26 Å². The zero-order chi connectivity index (χ0) is 19.9. The number of nitrogens with zero attached hydrogens (tertiary/aromatic N) is 2. The molecule has 1 aromatic heterocycles. The molecule has 0 radical (unpaired) electrons. The van der Waals surface area contributed by atoms with Crippen LogP contribution in [-0.4, -0.2) is 10.9 Å². The van der Waals surface area contributed by atoms with Crippen molar-refractivity contribution in [2.24, 2.45) is 0 Å². The van der Waals surface area contributed by atoms with E-state index >= 15 is 0 Å². The van der Waals surface area contributed by atoms with Crippen molar-refractivity contribution < 1.29 is 4.79 Å². The first-order chi connectivity index (χ1) is 13.6. The Labute approximate surface area is 168 Å². The molecular formula is C23H19N3OS. The Morgan fingerprint density at radius 1 is 1.14 bits per heavy atom. The molecule has 3 aromatic rings. The number of amides is 1. The Kier molecular flexibility index (Phi) is 6.15. The summed E-state index contributed by atoms with van der Waals surface area (Å²) in [5, 5.41) is 13.6. The largest absolute Gasteiger partial charge is 0.316 e. The maximum Gasteiger partial charge on any atom is 0.221 e. The van der Waals surface area contributed by atoms with Gasteiger partial charge in [-0.15, -0.1) is 0 Å². The second kappa shape index (κ2) is 8.94. The third-order valence-corrected chi connectivity index (χ3v) is 4.95. The van der Waals surface area contributed by atoms with E-state index in [1.807, 2.05) is 73.7 Å². The number of aryl methyl sites for hydroxylation is 1. The summed E-state index contributed by atoms with van der Waals surface area (Å²) in [7, 11) is 0. The van der Waals surface area contributed by atoms with Crippen LogP contribution in [0.4, 0.5) is 5.00 Å². The Morgan fingerprint density at radius 2 is 1.86 bits per heavy atom. The standard InChI is InChI=1S/C23H19N3OS/c1-16-11-13-19(14-12-16)21-23(25-17(2)27)28-22(26-21)20(15-24)10-6-9-18-7-4-3-5-8-18/h3-14H,1-2H3,(H,25,27)/b9-6+,20-10+. The minimum absolute atomic E-state index is 0.171. The van der Waals surface area contributed by atoms with Crippen LogP contribution in [0.3, 0.4) is 0 Å². The first kappa shape index (κ1) is 19.3. The summed E-state index contributed by atoms with van der Waals surface area (Å²) in [5.74, 6) is -0.171. The molecule has 3 rings (SSSR count). The SMILES string of the molecule is CC(=O)Nc1sc(/C(C#N)=C/C=C/c2ccccc2)nc1-c1ccc(C)cc1. The van der Waals surface area contributed by atoms with Crippen LogP contribution in [0.1, 0.15) is 23.1 Å². The van der Waals surface area contributed by atoms with Crippen molar-refractivity contribution in [3.8, 4) is 17.3 Å². The molecule has 0 atom stereocenters. The number of benzene rings is 2. The lowest BCUT2D eigenvalue weighted by Crippen LogP contribution is -2.05. The average molecular weight is 385 g/mol. The number of thiazole rings is 1. The summed E-state index contributed by atoms with van der Waals surface area (Å²) in [6, 6.07) is 20.0. The van der Waals surface area contributed by atoms with E-state index in [1.165, 1.54) is 18.3 Å². The van der Waals surface area contributed by atoms with Crippen molar-refractivity contribution in [3.63, 3.8) is 0 Å². The highest BCUT2D eigenvalue weighted by Gasteiger charge is 2.16. The molecule has 0 bridgehead atoms. The van der Waals surface area contributed by atoms with Gasteiger partial charge in [0, 0.05) is 12.5 Å². The lowest BCUT2D eigenvalue weighted by molar-refractivity contribution is -0.114. The van der Waals surface area contributed by atoms with E-state index in [-0.39, 0.29) is 5.91 Å². The normalized spacial score (nSPS) is 11.4. The number of aromatic nitrogens is 1. The maximum atomic E-state index is 11.6. The second-order valence-corrected chi connectivity index (χ2v) is 7.20. The molecule has 4 nitrogen and oxygen atoms in total. The number of hydrogen-bond acceptors (Lipinski definition) is 4. The average Bonchev–Trinajstić information content (AvgIpc) is 3.09. The van der Waals surface area contributed by atoms with Gasteiger partial charge in [-0.1, -0.05) is 83.6 Å². The third-order valence-electron chi connectivity index (χ3n) is 3.94. The Balaban J connectivity index is 1.96.